The van der Waals surface area contributed by atoms with Gasteiger partial charge in [0.25, 0.3) is 5.91 Å². The highest BCUT2D eigenvalue weighted by Gasteiger charge is 2.16. The SMILES string of the molecule is CCCCCCCCCCCCCCOc1c(OCC(=O)Nc2ccc(CN3C=CSC3)cc2)cccc1C(C)=O. The maximum absolute atomic E-state index is 12.6. The summed E-state index contributed by atoms with van der Waals surface area (Å²) in [5.74, 6) is 1.45. The van der Waals surface area contributed by atoms with Gasteiger partial charge in [0, 0.05) is 18.4 Å². The first kappa shape index (κ1) is 32.6. The summed E-state index contributed by atoms with van der Waals surface area (Å²) in [7, 11) is 0. The van der Waals surface area contributed by atoms with Crippen LogP contribution in [0.3, 0.4) is 0 Å². The monoisotopic (exact) mass is 580 g/mol. The van der Waals surface area contributed by atoms with Crippen LogP contribution in [0.15, 0.2) is 54.1 Å². The minimum absolute atomic E-state index is 0.0901. The van der Waals surface area contributed by atoms with Crippen molar-refractivity contribution in [1.29, 1.82) is 0 Å². The minimum Gasteiger partial charge on any atom is -0.489 e. The molecule has 1 amide bonds. The van der Waals surface area contributed by atoms with Crippen LogP contribution in [-0.4, -0.2) is 35.7 Å². The molecule has 0 aromatic heterocycles. The fourth-order valence-corrected chi connectivity index (χ4v) is 5.56. The lowest BCUT2D eigenvalue weighted by Gasteiger charge is -2.16. The topological polar surface area (TPSA) is 67.9 Å². The Morgan fingerprint density at radius 3 is 2.12 bits per heavy atom. The van der Waals surface area contributed by atoms with Crippen LogP contribution in [0.4, 0.5) is 5.69 Å². The van der Waals surface area contributed by atoms with Gasteiger partial charge >= 0.3 is 0 Å². The molecule has 0 unspecified atom stereocenters. The molecule has 224 valence electrons. The first-order chi connectivity index (χ1) is 20.1. The van der Waals surface area contributed by atoms with Crippen LogP contribution in [0.2, 0.25) is 0 Å². The summed E-state index contributed by atoms with van der Waals surface area (Å²) in [6.45, 7) is 4.97. The predicted octanol–water partition coefficient (Wildman–Crippen LogP) is 8.96. The number of carbonyl (C=O) groups is 2. The summed E-state index contributed by atoms with van der Waals surface area (Å²) in [5, 5.41) is 4.98. The third-order valence-electron chi connectivity index (χ3n) is 7.19. The number of Topliss-reactive ketones (excluding diaryl/α,β-unsaturated/α-hetero) is 1. The Hall–Kier alpha value is -2.93. The number of unbranched alkanes of at least 4 members (excludes halogenated alkanes) is 11. The number of nitrogens with zero attached hydrogens (tertiary/aromatic N) is 1. The van der Waals surface area contributed by atoms with E-state index in [1.165, 1.54) is 76.7 Å². The number of amides is 1. The predicted molar refractivity (Wildman–Crippen MR) is 171 cm³/mol. The van der Waals surface area contributed by atoms with Crippen molar-refractivity contribution in [1.82, 2.24) is 4.90 Å². The molecule has 0 saturated carbocycles. The van der Waals surface area contributed by atoms with E-state index in [4.69, 9.17) is 9.47 Å². The van der Waals surface area contributed by atoms with Crippen molar-refractivity contribution in [3.8, 4) is 11.5 Å². The van der Waals surface area contributed by atoms with E-state index in [-0.39, 0.29) is 18.3 Å². The van der Waals surface area contributed by atoms with Gasteiger partial charge in [-0.05, 0) is 48.6 Å². The Bertz CT molecular complexity index is 1090. The van der Waals surface area contributed by atoms with Crippen molar-refractivity contribution in [2.75, 3.05) is 24.4 Å². The molecule has 1 aliphatic heterocycles. The number of anilines is 1. The van der Waals surface area contributed by atoms with Gasteiger partial charge in [0.2, 0.25) is 0 Å². The number of ether oxygens (including phenoxy) is 2. The number of benzene rings is 2. The lowest BCUT2D eigenvalue weighted by atomic mass is 10.1. The van der Waals surface area contributed by atoms with Crippen molar-refractivity contribution in [2.24, 2.45) is 0 Å². The zero-order valence-electron chi connectivity index (χ0n) is 25.0. The fraction of sp³-hybridized carbons (Fsp3) is 0.529. The van der Waals surface area contributed by atoms with Crippen molar-refractivity contribution in [2.45, 2.75) is 97.4 Å². The third kappa shape index (κ3) is 12.6. The molecule has 0 atom stereocenters. The normalized spacial score (nSPS) is 12.5. The van der Waals surface area contributed by atoms with Crippen molar-refractivity contribution in [3.05, 3.63) is 65.2 Å². The molecule has 1 heterocycles. The van der Waals surface area contributed by atoms with Crippen LogP contribution in [0.1, 0.15) is 107 Å². The summed E-state index contributed by atoms with van der Waals surface area (Å²) in [6.07, 6.45) is 17.4. The van der Waals surface area contributed by atoms with Crippen LogP contribution in [0.25, 0.3) is 0 Å². The maximum Gasteiger partial charge on any atom is 0.262 e. The zero-order chi connectivity index (χ0) is 29.1. The molecule has 1 N–H and O–H groups in total. The molecule has 0 bridgehead atoms. The highest BCUT2D eigenvalue weighted by molar-refractivity contribution is 8.02. The number of hydrogen-bond acceptors (Lipinski definition) is 6. The van der Waals surface area contributed by atoms with Gasteiger partial charge in [0.1, 0.15) is 0 Å². The molecule has 7 heteroatoms. The lowest BCUT2D eigenvalue weighted by Crippen LogP contribution is -2.20. The highest BCUT2D eigenvalue weighted by Crippen LogP contribution is 2.32. The van der Waals surface area contributed by atoms with Crippen LogP contribution >= 0.6 is 11.8 Å². The average molecular weight is 581 g/mol. The van der Waals surface area contributed by atoms with Gasteiger partial charge < -0.3 is 19.7 Å². The first-order valence-electron chi connectivity index (χ1n) is 15.4. The van der Waals surface area contributed by atoms with E-state index in [1.807, 2.05) is 24.3 Å². The average Bonchev–Trinajstić information content (AvgIpc) is 3.48. The molecule has 41 heavy (non-hydrogen) atoms. The number of ketones is 1. The standard InChI is InChI=1S/C34H48N2O4S/c1-3-4-5-6-7-8-9-10-11-12-13-14-23-39-34-31(28(2)37)16-15-17-32(34)40-26-33(38)35-30-20-18-29(19-21-30)25-36-22-24-41-27-36/h15-22,24H,3-14,23,25-27H2,1-2H3,(H,35,38). The molecule has 2 aromatic carbocycles. The summed E-state index contributed by atoms with van der Waals surface area (Å²) in [4.78, 5) is 27.1. The van der Waals surface area contributed by atoms with E-state index in [9.17, 15) is 9.59 Å². The third-order valence-corrected chi connectivity index (χ3v) is 7.99. The Balaban J connectivity index is 1.37. The first-order valence-corrected chi connectivity index (χ1v) is 16.4. The minimum atomic E-state index is -0.267. The number of hydrogen-bond donors (Lipinski definition) is 1. The molecular weight excluding hydrogens is 532 g/mol. The number of rotatable bonds is 21. The molecule has 0 spiro atoms. The summed E-state index contributed by atoms with van der Waals surface area (Å²) in [6, 6.07) is 13.1. The number of nitrogens with one attached hydrogen (secondary N) is 1. The largest absolute Gasteiger partial charge is 0.489 e. The fourth-order valence-electron chi connectivity index (χ4n) is 4.85. The molecular formula is C34H48N2O4S. The van der Waals surface area contributed by atoms with Gasteiger partial charge in [0.05, 0.1) is 18.0 Å². The van der Waals surface area contributed by atoms with Crippen molar-refractivity contribution >= 4 is 29.1 Å². The smallest absolute Gasteiger partial charge is 0.262 e. The molecule has 3 rings (SSSR count). The van der Waals surface area contributed by atoms with Crippen LogP contribution in [0, 0.1) is 0 Å². The van der Waals surface area contributed by atoms with Gasteiger partial charge in [-0.1, -0.05) is 95.8 Å². The van der Waals surface area contributed by atoms with Crippen molar-refractivity contribution in [3.63, 3.8) is 0 Å². The number of carbonyl (C=O) groups excluding carboxylic acids is 2. The number of para-hydroxylation sites is 1. The van der Waals surface area contributed by atoms with Crippen LogP contribution < -0.4 is 14.8 Å². The van der Waals surface area contributed by atoms with E-state index in [0.29, 0.717) is 23.7 Å². The highest BCUT2D eigenvalue weighted by atomic mass is 32.2. The van der Waals surface area contributed by atoms with Gasteiger partial charge in [-0.2, -0.15) is 0 Å². The van der Waals surface area contributed by atoms with Gasteiger partial charge in [0.15, 0.2) is 23.9 Å². The molecule has 0 fully saturated rings. The van der Waals surface area contributed by atoms with Gasteiger partial charge in [-0.25, -0.2) is 0 Å². The maximum atomic E-state index is 12.6. The zero-order valence-corrected chi connectivity index (χ0v) is 25.8. The molecule has 0 aliphatic carbocycles. The molecule has 0 radical (unpaired) electrons. The molecule has 6 nitrogen and oxygen atoms in total. The Labute approximate surface area is 251 Å². The quantitative estimate of drug-likeness (QED) is 0.117. The second-order valence-electron chi connectivity index (χ2n) is 10.8. The number of thioether (sulfide) groups is 1. The molecule has 0 saturated heterocycles. The van der Waals surface area contributed by atoms with Crippen LogP contribution in [0.5, 0.6) is 11.5 Å². The van der Waals surface area contributed by atoms with Crippen molar-refractivity contribution < 1.29 is 19.1 Å². The van der Waals surface area contributed by atoms with Crippen LogP contribution in [-0.2, 0) is 11.3 Å². The Morgan fingerprint density at radius 1 is 0.854 bits per heavy atom. The van der Waals surface area contributed by atoms with E-state index >= 15 is 0 Å². The Morgan fingerprint density at radius 2 is 1.51 bits per heavy atom. The summed E-state index contributed by atoms with van der Waals surface area (Å²) >= 11 is 1.78. The second-order valence-corrected chi connectivity index (χ2v) is 11.7. The molecule has 1 aliphatic rings. The molecule has 2 aromatic rings. The second kappa shape index (κ2) is 19.2. The van der Waals surface area contributed by atoms with E-state index in [0.717, 1.165) is 31.0 Å². The summed E-state index contributed by atoms with van der Waals surface area (Å²) < 4.78 is 11.9. The lowest BCUT2D eigenvalue weighted by molar-refractivity contribution is -0.118. The van der Waals surface area contributed by atoms with E-state index in [2.05, 4.69) is 28.7 Å². The van der Waals surface area contributed by atoms with E-state index in [1.54, 1.807) is 30.0 Å². The van der Waals surface area contributed by atoms with E-state index < -0.39 is 0 Å². The van der Waals surface area contributed by atoms with Gasteiger partial charge in [-0.3, -0.25) is 9.59 Å². The Kier molecular flexibility index (Phi) is 15.3. The summed E-state index contributed by atoms with van der Waals surface area (Å²) in [5.41, 5.74) is 2.38. The van der Waals surface area contributed by atoms with Gasteiger partial charge in [-0.15, -0.1) is 11.8 Å².